The van der Waals surface area contributed by atoms with Crippen molar-refractivity contribution in [1.82, 2.24) is 10.6 Å². The first-order valence-corrected chi connectivity index (χ1v) is 14.5. The first-order valence-electron chi connectivity index (χ1n) is 14.5. The maximum atomic E-state index is 11.8. The van der Waals surface area contributed by atoms with Crippen LogP contribution >= 0.6 is 0 Å². The van der Waals surface area contributed by atoms with Gasteiger partial charge in [0, 0.05) is 38.1 Å². The van der Waals surface area contributed by atoms with Crippen LogP contribution in [0, 0.1) is 0 Å². The molecule has 14 nitrogen and oxygen atoms in total. The average Bonchev–Trinajstić information content (AvgIpc) is 2.99. The summed E-state index contributed by atoms with van der Waals surface area (Å²) in [4.78, 5) is 68.2. The van der Waals surface area contributed by atoms with Gasteiger partial charge in [-0.1, -0.05) is 51.7 Å². The van der Waals surface area contributed by atoms with Gasteiger partial charge in [0.25, 0.3) is 0 Å². The van der Waals surface area contributed by atoms with E-state index in [-0.39, 0.29) is 39.3 Å². The van der Waals surface area contributed by atoms with Crippen LogP contribution in [0.15, 0.2) is 25.3 Å². The van der Waals surface area contributed by atoms with Crippen LogP contribution in [-0.4, -0.2) is 82.4 Å². The number of carbonyl (C=O) groups excluding carboxylic acids is 6. The van der Waals surface area contributed by atoms with Gasteiger partial charge < -0.3 is 39.1 Å². The van der Waals surface area contributed by atoms with Crippen LogP contribution in [0.4, 0.5) is 9.59 Å². The van der Waals surface area contributed by atoms with Gasteiger partial charge in [0.05, 0.1) is 0 Å². The van der Waals surface area contributed by atoms with E-state index >= 15 is 0 Å². The van der Waals surface area contributed by atoms with Crippen molar-refractivity contribution in [2.45, 2.75) is 77.0 Å². The zero-order chi connectivity index (χ0) is 32.0. The van der Waals surface area contributed by atoms with Crippen molar-refractivity contribution in [1.29, 1.82) is 0 Å². The quantitative estimate of drug-likeness (QED) is 0.0475. The molecule has 0 heterocycles. The lowest BCUT2D eigenvalue weighted by Gasteiger charge is -2.08. The minimum atomic E-state index is -0.579. The van der Waals surface area contributed by atoms with Gasteiger partial charge in [-0.25, -0.2) is 19.2 Å². The van der Waals surface area contributed by atoms with Crippen molar-refractivity contribution in [2.24, 2.45) is 0 Å². The Morgan fingerprint density at radius 1 is 0.465 bits per heavy atom. The van der Waals surface area contributed by atoms with E-state index in [9.17, 15) is 28.8 Å². The molecule has 0 fully saturated rings. The summed E-state index contributed by atoms with van der Waals surface area (Å²) in [7, 11) is 0. The summed E-state index contributed by atoms with van der Waals surface area (Å²) in [5, 5.41) is 5.20. The highest BCUT2D eigenvalue weighted by molar-refractivity contribution is 5.81. The SMILES string of the molecule is C=CC(=O)OCCOC(=O)NCCCCCCCC(=O)OCOC(=O)CCCCCCCNC(=O)OCCOC(=O)C=C. The molecule has 0 saturated carbocycles. The van der Waals surface area contributed by atoms with Crippen LogP contribution in [0.1, 0.15) is 77.0 Å². The molecule has 0 aliphatic carbocycles. The van der Waals surface area contributed by atoms with Gasteiger partial charge in [-0.3, -0.25) is 9.59 Å². The molecule has 2 amide bonds. The first kappa shape index (κ1) is 38.9. The predicted octanol–water partition coefficient (Wildman–Crippen LogP) is 3.62. The summed E-state index contributed by atoms with van der Waals surface area (Å²) >= 11 is 0. The van der Waals surface area contributed by atoms with E-state index in [2.05, 4.69) is 33.3 Å². The van der Waals surface area contributed by atoms with Crippen molar-refractivity contribution >= 4 is 36.1 Å². The Labute approximate surface area is 252 Å². The average molecular weight is 615 g/mol. The standard InChI is InChI=1S/C29H46N2O12/c1-3-24(32)38-19-21-40-28(36)30-17-13-9-5-7-11-15-26(34)42-23-43-27(35)16-12-8-6-10-14-18-31-29(37)41-22-20-39-25(33)4-2/h3-4H,1-2,5-23H2,(H,30,36)(H,31,37). The van der Waals surface area contributed by atoms with Gasteiger partial charge >= 0.3 is 36.1 Å². The summed E-state index contributed by atoms with van der Waals surface area (Å²) in [5.74, 6) is -2.01. The number of alkyl carbamates (subject to hydrolysis) is 2. The summed E-state index contributed by atoms with van der Waals surface area (Å²) in [6.07, 6.45) is 9.33. The van der Waals surface area contributed by atoms with Crippen molar-refractivity contribution in [3.05, 3.63) is 25.3 Å². The smallest absolute Gasteiger partial charge is 0.407 e. The largest absolute Gasteiger partial charge is 0.459 e. The molecule has 0 rings (SSSR count). The molecule has 0 spiro atoms. The Morgan fingerprint density at radius 3 is 1.21 bits per heavy atom. The van der Waals surface area contributed by atoms with Crippen molar-refractivity contribution in [3.8, 4) is 0 Å². The molecule has 2 N–H and O–H groups in total. The zero-order valence-corrected chi connectivity index (χ0v) is 24.9. The number of carbonyl (C=O) groups is 6. The molecular formula is C29H46N2O12. The third-order valence-electron chi connectivity index (χ3n) is 5.55. The number of hydrogen-bond donors (Lipinski definition) is 2. The number of nitrogens with one attached hydrogen (secondary N) is 2. The zero-order valence-electron chi connectivity index (χ0n) is 24.9. The second-order valence-electron chi connectivity index (χ2n) is 9.05. The molecule has 0 unspecified atom stereocenters. The molecule has 0 radical (unpaired) electrons. The number of amides is 2. The third-order valence-corrected chi connectivity index (χ3v) is 5.55. The summed E-state index contributed by atoms with van der Waals surface area (Å²) in [6.45, 7) is 6.89. The van der Waals surface area contributed by atoms with Crippen LogP contribution in [0.25, 0.3) is 0 Å². The second-order valence-corrected chi connectivity index (χ2v) is 9.05. The van der Waals surface area contributed by atoms with Crippen LogP contribution in [-0.2, 0) is 47.6 Å². The van der Waals surface area contributed by atoms with Crippen LogP contribution in [0.2, 0.25) is 0 Å². The number of unbranched alkanes of at least 4 members (excludes halogenated alkanes) is 8. The maximum Gasteiger partial charge on any atom is 0.407 e. The minimum absolute atomic E-state index is 0.0325. The van der Waals surface area contributed by atoms with Gasteiger partial charge in [-0.15, -0.1) is 0 Å². The highest BCUT2D eigenvalue weighted by Crippen LogP contribution is 2.08. The Bertz CT molecular complexity index is 794. The number of hydrogen-bond acceptors (Lipinski definition) is 12. The number of esters is 4. The Kier molecular flexibility index (Phi) is 25.4. The van der Waals surface area contributed by atoms with E-state index in [4.69, 9.17) is 18.9 Å². The molecule has 14 heteroatoms. The van der Waals surface area contributed by atoms with E-state index < -0.39 is 42.9 Å². The Hall–Kier alpha value is -4.10. The Morgan fingerprint density at radius 2 is 0.814 bits per heavy atom. The molecule has 43 heavy (non-hydrogen) atoms. The summed E-state index contributed by atoms with van der Waals surface area (Å²) in [5.41, 5.74) is 0. The van der Waals surface area contributed by atoms with Crippen molar-refractivity contribution in [2.75, 3.05) is 46.3 Å². The number of ether oxygens (including phenoxy) is 6. The molecular weight excluding hydrogens is 568 g/mol. The Balaban J connectivity index is 3.46. The molecule has 0 aliphatic heterocycles. The topological polar surface area (TPSA) is 182 Å². The normalized spacial score (nSPS) is 10.0. The summed E-state index contributed by atoms with van der Waals surface area (Å²) < 4.78 is 28.9. The van der Waals surface area contributed by atoms with Crippen molar-refractivity contribution in [3.63, 3.8) is 0 Å². The van der Waals surface area contributed by atoms with Gasteiger partial charge in [0.1, 0.15) is 26.4 Å². The fourth-order valence-corrected chi connectivity index (χ4v) is 3.31. The second kappa shape index (κ2) is 28.0. The highest BCUT2D eigenvalue weighted by atomic mass is 16.7. The molecule has 0 aromatic rings. The first-order chi connectivity index (χ1) is 20.8. The molecule has 0 bridgehead atoms. The van der Waals surface area contributed by atoms with Crippen LogP contribution in [0.5, 0.6) is 0 Å². The monoisotopic (exact) mass is 614 g/mol. The molecule has 0 aromatic carbocycles. The van der Waals surface area contributed by atoms with E-state index in [1.807, 2.05) is 0 Å². The third kappa shape index (κ3) is 27.8. The lowest BCUT2D eigenvalue weighted by molar-refractivity contribution is -0.167. The van der Waals surface area contributed by atoms with E-state index in [1.54, 1.807) is 0 Å². The predicted molar refractivity (Wildman–Crippen MR) is 153 cm³/mol. The van der Waals surface area contributed by atoms with Crippen LogP contribution in [0.3, 0.4) is 0 Å². The molecule has 244 valence electrons. The van der Waals surface area contributed by atoms with Gasteiger partial charge in [0.15, 0.2) is 0 Å². The van der Waals surface area contributed by atoms with Gasteiger partial charge in [-0.2, -0.15) is 0 Å². The fourth-order valence-electron chi connectivity index (χ4n) is 3.31. The van der Waals surface area contributed by atoms with Gasteiger partial charge in [0.2, 0.25) is 6.79 Å². The number of rotatable bonds is 26. The molecule has 0 aliphatic rings. The lowest BCUT2D eigenvalue weighted by Crippen LogP contribution is -2.26. The molecule has 0 atom stereocenters. The van der Waals surface area contributed by atoms with Gasteiger partial charge in [-0.05, 0) is 25.7 Å². The maximum absolute atomic E-state index is 11.8. The fraction of sp³-hybridized carbons (Fsp3) is 0.655. The lowest BCUT2D eigenvalue weighted by atomic mass is 10.1. The van der Waals surface area contributed by atoms with E-state index in [0.717, 1.165) is 63.5 Å². The summed E-state index contributed by atoms with van der Waals surface area (Å²) in [6, 6.07) is 0. The molecule has 0 aromatic heterocycles. The van der Waals surface area contributed by atoms with E-state index in [0.29, 0.717) is 25.9 Å². The minimum Gasteiger partial charge on any atom is -0.459 e. The highest BCUT2D eigenvalue weighted by Gasteiger charge is 2.07. The van der Waals surface area contributed by atoms with Crippen LogP contribution < -0.4 is 10.6 Å². The van der Waals surface area contributed by atoms with Crippen molar-refractivity contribution < 1.29 is 57.2 Å². The molecule has 0 saturated heterocycles. The van der Waals surface area contributed by atoms with E-state index in [1.165, 1.54) is 0 Å².